The molecule has 0 aromatic rings. The lowest BCUT2D eigenvalue weighted by Crippen LogP contribution is -2.53. The second-order valence-electron chi connectivity index (χ2n) is 12.4. The summed E-state index contributed by atoms with van der Waals surface area (Å²) in [4.78, 5) is 0. The van der Waals surface area contributed by atoms with Gasteiger partial charge in [0.15, 0.2) is 12.6 Å². The molecular formula is C32H64NO10P. The van der Waals surface area contributed by atoms with Crippen LogP contribution in [-0.2, 0) is 32.3 Å². The summed E-state index contributed by atoms with van der Waals surface area (Å²) in [5.74, 6) is 0. The average Bonchev–Trinajstić information content (AvgIpc) is 3.48. The molecule has 2 aliphatic rings. The van der Waals surface area contributed by atoms with E-state index < -0.39 is 38.5 Å². The van der Waals surface area contributed by atoms with Gasteiger partial charge in [0, 0.05) is 6.54 Å². The SMILES string of the molecule is CCCCCCCCCCCCCCCCCCCCC[C@H]1OC[C@@H](CO[P@@](=O)(OCCN)O[C@@H]2OC[C@@H](O)[C@@H](O)[C@H]2O)O1. The molecule has 0 spiro atoms. The Balaban J connectivity index is 1.44. The predicted molar refractivity (Wildman–Crippen MR) is 170 cm³/mol. The number of unbranched alkanes of at least 4 members (excludes halogenated alkanes) is 18. The van der Waals surface area contributed by atoms with Crippen molar-refractivity contribution in [3.63, 3.8) is 0 Å². The molecule has 0 amide bonds. The third kappa shape index (κ3) is 17.7. The predicted octanol–water partition coefficient (Wildman–Crippen LogP) is 6.11. The van der Waals surface area contributed by atoms with Crippen LogP contribution in [0, 0.1) is 0 Å². The van der Waals surface area contributed by atoms with Crippen molar-refractivity contribution in [2.45, 2.75) is 172 Å². The van der Waals surface area contributed by atoms with Crippen LogP contribution in [0.25, 0.3) is 0 Å². The quantitative estimate of drug-likeness (QED) is 0.0570. The molecule has 262 valence electrons. The summed E-state index contributed by atoms with van der Waals surface area (Å²) < 4.78 is 45.8. The van der Waals surface area contributed by atoms with Crippen molar-refractivity contribution >= 4 is 7.82 Å². The summed E-state index contributed by atoms with van der Waals surface area (Å²) in [7, 11) is -4.21. The van der Waals surface area contributed by atoms with Gasteiger partial charge in [0.05, 0.1) is 26.4 Å². The number of nitrogens with two attached hydrogens (primary N) is 1. The zero-order valence-electron chi connectivity index (χ0n) is 27.4. The third-order valence-electron chi connectivity index (χ3n) is 8.33. The lowest BCUT2D eigenvalue weighted by atomic mass is 10.0. The van der Waals surface area contributed by atoms with Gasteiger partial charge in [0.1, 0.15) is 24.4 Å². The topological polar surface area (TPSA) is 159 Å². The number of phosphoric ester groups is 1. The maximum atomic E-state index is 13.1. The minimum Gasteiger partial charge on any atom is -0.388 e. The molecule has 0 bridgehead atoms. The third-order valence-corrected chi connectivity index (χ3v) is 9.76. The Labute approximate surface area is 266 Å². The van der Waals surface area contributed by atoms with Crippen LogP contribution in [0.5, 0.6) is 0 Å². The zero-order chi connectivity index (χ0) is 31.9. The van der Waals surface area contributed by atoms with E-state index in [2.05, 4.69) is 6.92 Å². The van der Waals surface area contributed by atoms with Gasteiger partial charge in [-0.25, -0.2) is 4.57 Å². The minimum absolute atomic E-state index is 0.0662. The van der Waals surface area contributed by atoms with E-state index in [1.807, 2.05) is 0 Å². The molecule has 12 heteroatoms. The van der Waals surface area contributed by atoms with Gasteiger partial charge in [-0.3, -0.25) is 13.6 Å². The molecule has 2 heterocycles. The first-order chi connectivity index (χ1) is 21.4. The molecule has 44 heavy (non-hydrogen) atoms. The van der Waals surface area contributed by atoms with E-state index >= 15 is 0 Å². The monoisotopic (exact) mass is 653 g/mol. The first-order valence-corrected chi connectivity index (χ1v) is 19.0. The van der Waals surface area contributed by atoms with Crippen molar-refractivity contribution < 1.29 is 47.7 Å². The lowest BCUT2D eigenvalue weighted by Gasteiger charge is -2.35. The van der Waals surface area contributed by atoms with Gasteiger partial charge in [0.25, 0.3) is 0 Å². The normalized spacial score (nSPS) is 27.1. The highest BCUT2D eigenvalue weighted by Gasteiger charge is 2.44. The maximum absolute atomic E-state index is 13.1. The zero-order valence-corrected chi connectivity index (χ0v) is 28.3. The molecule has 5 N–H and O–H groups in total. The highest BCUT2D eigenvalue weighted by molar-refractivity contribution is 7.48. The van der Waals surface area contributed by atoms with Gasteiger partial charge in [-0.1, -0.05) is 122 Å². The largest absolute Gasteiger partial charge is 0.477 e. The fourth-order valence-electron chi connectivity index (χ4n) is 5.57. The van der Waals surface area contributed by atoms with Crippen LogP contribution in [0.4, 0.5) is 0 Å². The number of ether oxygens (including phenoxy) is 3. The van der Waals surface area contributed by atoms with Gasteiger partial charge in [-0.2, -0.15) is 0 Å². The highest BCUT2D eigenvalue weighted by atomic mass is 31.2. The molecule has 0 aromatic carbocycles. The van der Waals surface area contributed by atoms with Crippen molar-refractivity contribution in [1.82, 2.24) is 0 Å². The lowest BCUT2D eigenvalue weighted by molar-refractivity contribution is -0.247. The van der Waals surface area contributed by atoms with Crippen LogP contribution in [0.3, 0.4) is 0 Å². The fraction of sp³-hybridized carbons (Fsp3) is 1.00. The second-order valence-corrected chi connectivity index (χ2v) is 14.0. The standard InChI is InChI=1S/C32H64NO10P/c1-2-3-4-5-6-7-8-9-10-11-12-13-14-15-16-17-18-19-20-21-29-38-24-27(42-29)25-41-44(37,40-23-22-33)43-32-31(36)30(35)28(34)26-39-32/h27-32,34-36H,2-26,33H2,1H3/t27-,28+,29-,30+,31+,32-,44+/m0/s1. The molecule has 2 saturated heterocycles. The van der Waals surface area contributed by atoms with Gasteiger partial charge in [-0.05, 0) is 12.8 Å². The summed E-state index contributed by atoms with van der Waals surface area (Å²) in [5.41, 5.74) is 5.46. The van der Waals surface area contributed by atoms with Crippen LogP contribution in [0.2, 0.25) is 0 Å². The summed E-state index contributed by atoms with van der Waals surface area (Å²) in [5, 5.41) is 29.6. The molecule has 2 fully saturated rings. The number of aliphatic hydroxyl groups is 3. The first-order valence-electron chi connectivity index (χ1n) is 17.6. The van der Waals surface area contributed by atoms with E-state index in [0.717, 1.165) is 19.3 Å². The molecule has 11 nitrogen and oxygen atoms in total. The highest BCUT2D eigenvalue weighted by Crippen LogP contribution is 2.51. The Morgan fingerprint density at radius 1 is 0.705 bits per heavy atom. The van der Waals surface area contributed by atoms with E-state index in [9.17, 15) is 19.9 Å². The summed E-state index contributed by atoms with van der Waals surface area (Å²) in [6.45, 7) is 2.09. The smallest absolute Gasteiger partial charge is 0.388 e. The van der Waals surface area contributed by atoms with Gasteiger partial charge >= 0.3 is 7.82 Å². The molecule has 0 aliphatic carbocycles. The number of phosphoric acid groups is 1. The number of rotatable bonds is 28. The van der Waals surface area contributed by atoms with Crippen LogP contribution in [0.15, 0.2) is 0 Å². The molecule has 2 rings (SSSR count). The van der Waals surface area contributed by atoms with Crippen LogP contribution < -0.4 is 5.73 Å². The Morgan fingerprint density at radius 2 is 1.23 bits per heavy atom. The van der Waals surface area contributed by atoms with E-state index in [4.69, 9.17) is 33.5 Å². The number of aliphatic hydroxyl groups excluding tert-OH is 3. The first kappa shape index (κ1) is 40.0. The van der Waals surface area contributed by atoms with Crippen molar-refractivity contribution in [3.05, 3.63) is 0 Å². The Bertz CT molecular complexity index is 735. The summed E-state index contributed by atoms with van der Waals surface area (Å²) in [6.07, 6.45) is 19.6. The van der Waals surface area contributed by atoms with Crippen molar-refractivity contribution in [3.8, 4) is 0 Å². The van der Waals surface area contributed by atoms with Crippen LogP contribution in [-0.4, -0.2) is 85.3 Å². The number of hydrogen-bond donors (Lipinski definition) is 4. The molecule has 2 aliphatic heterocycles. The number of hydrogen-bond acceptors (Lipinski definition) is 11. The molecule has 0 unspecified atom stereocenters. The Morgan fingerprint density at radius 3 is 1.75 bits per heavy atom. The molecular weight excluding hydrogens is 589 g/mol. The van der Waals surface area contributed by atoms with Crippen molar-refractivity contribution in [2.75, 3.05) is 33.0 Å². The fourth-order valence-corrected chi connectivity index (χ4v) is 6.89. The second kappa shape index (κ2) is 24.9. The van der Waals surface area contributed by atoms with Crippen LogP contribution >= 0.6 is 7.82 Å². The Hall–Kier alpha value is -0.170. The van der Waals surface area contributed by atoms with Gasteiger partial charge < -0.3 is 35.3 Å². The van der Waals surface area contributed by atoms with Gasteiger partial charge in [0.2, 0.25) is 0 Å². The summed E-state index contributed by atoms with van der Waals surface area (Å²) in [6, 6.07) is 0. The van der Waals surface area contributed by atoms with E-state index in [1.165, 1.54) is 109 Å². The van der Waals surface area contributed by atoms with Crippen molar-refractivity contribution in [2.24, 2.45) is 5.73 Å². The van der Waals surface area contributed by atoms with E-state index in [1.54, 1.807) is 0 Å². The average molecular weight is 654 g/mol. The van der Waals surface area contributed by atoms with Crippen molar-refractivity contribution in [1.29, 1.82) is 0 Å². The molecule has 0 aromatic heterocycles. The molecule has 0 saturated carbocycles. The maximum Gasteiger partial charge on any atom is 0.477 e. The molecule has 7 atom stereocenters. The molecule has 0 radical (unpaired) electrons. The van der Waals surface area contributed by atoms with E-state index in [0.29, 0.717) is 0 Å². The van der Waals surface area contributed by atoms with E-state index in [-0.39, 0.29) is 39.3 Å². The Kier molecular flexibility index (Phi) is 22.7. The minimum atomic E-state index is -4.21. The summed E-state index contributed by atoms with van der Waals surface area (Å²) >= 11 is 0. The van der Waals surface area contributed by atoms with Crippen LogP contribution in [0.1, 0.15) is 135 Å². The van der Waals surface area contributed by atoms with Gasteiger partial charge in [-0.15, -0.1) is 0 Å².